The number of carboxylic acid groups (broad SMARTS) is 1. The molecule has 8 heteroatoms. The van der Waals surface area contributed by atoms with Crippen LogP contribution < -0.4 is 21.5 Å². The van der Waals surface area contributed by atoms with Crippen molar-refractivity contribution in [1.82, 2.24) is 10.6 Å². The average molecular weight is 233 g/mol. The van der Waals surface area contributed by atoms with Gasteiger partial charge in [-0.2, -0.15) is 0 Å². The molecule has 0 radical (unpaired) electrons. The fourth-order valence-corrected chi connectivity index (χ4v) is 0.834. The molecule has 0 aliphatic rings. The van der Waals surface area contributed by atoms with E-state index in [-0.39, 0.29) is 6.54 Å². The lowest BCUT2D eigenvalue weighted by atomic mass is 10.2. The Labute approximate surface area is 91.8 Å². The minimum absolute atomic E-state index is 0.0835. The molecule has 8 nitrogen and oxygen atoms in total. The van der Waals surface area contributed by atoms with Gasteiger partial charge in [-0.1, -0.05) is 0 Å². The summed E-state index contributed by atoms with van der Waals surface area (Å²) >= 11 is 0. The third-order valence-electron chi connectivity index (χ3n) is 1.77. The van der Waals surface area contributed by atoms with Gasteiger partial charge >= 0.3 is 0 Å². The SMILES string of the molecule is C[C@H](NC(=O)[C@H](CO)NC(=O)C[NH3+])C(=O)[O-]. The molecule has 0 spiro atoms. The van der Waals surface area contributed by atoms with E-state index >= 15 is 0 Å². The molecule has 6 N–H and O–H groups in total. The van der Waals surface area contributed by atoms with Crippen LogP contribution >= 0.6 is 0 Å². The molecule has 0 saturated heterocycles. The average Bonchev–Trinajstić information content (AvgIpc) is 2.24. The molecule has 0 bridgehead atoms. The van der Waals surface area contributed by atoms with Crippen molar-refractivity contribution in [1.29, 1.82) is 0 Å². The zero-order chi connectivity index (χ0) is 12.7. The molecule has 0 aromatic heterocycles. The normalized spacial score (nSPS) is 13.7. The van der Waals surface area contributed by atoms with E-state index in [9.17, 15) is 19.5 Å². The largest absolute Gasteiger partial charge is 0.548 e. The summed E-state index contributed by atoms with van der Waals surface area (Å²) in [7, 11) is 0. The van der Waals surface area contributed by atoms with Gasteiger partial charge in [-0.25, -0.2) is 0 Å². The van der Waals surface area contributed by atoms with Crippen LogP contribution in [0, 0.1) is 0 Å². The summed E-state index contributed by atoms with van der Waals surface area (Å²) in [6.45, 7) is 0.502. The fourth-order valence-electron chi connectivity index (χ4n) is 0.834. The molecule has 0 aliphatic carbocycles. The Hall–Kier alpha value is -1.67. The predicted octanol–water partition coefficient (Wildman–Crippen LogP) is -5.04. The first-order valence-corrected chi connectivity index (χ1v) is 4.63. The third kappa shape index (κ3) is 4.71. The Morgan fingerprint density at radius 1 is 1.38 bits per heavy atom. The second-order valence-corrected chi connectivity index (χ2v) is 3.10. The summed E-state index contributed by atoms with van der Waals surface area (Å²) in [6, 6.07) is -2.38. The van der Waals surface area contributed by atoms with Gasteiger partial charge in [0.05, 0.1) is 18.6 Å². The number of amides is 2. The Morgan fingerprint density at radius 2 is 1.94 bits per heavy atom. The monoisotopic (exact) mass is 233 g/mol. The number of nitrogens with one attached hydrogen (secondary N) is 2. The Kier molecular flexibility index (Phi) is 6.04. The van der Waals surface area contributed by atoms with Crippen LogP contribution in [-0.4, -0.2) is 48.1 Å². The van der Waals surface area contributed by atoms with Crippen LogP contribution in [0.15, 0.2) is 0 Å². The minimum atomic E-state index is -1.45. The van der Waals surface area contributed by atoms with Gasteiger partial charge in [0.25, 0.3) is 5.91 Å². The van der Waals surface area contributed by atoms with Gasteiger partial charge in [0.1, 0.15) is 6.04 Å². The predicted molar refractivity (Wildman–Crippen MR) is 49.4 cm³/mol. The third-order valence-corrected chi connectivity index (χ3v) is 1.77. The molecule has 2 atom stereocenters. The number of rotatable bonds is 6. The lowest BCUT2D eigenvalue weighted by molar-refractivity contribution is -0.355. The first-order valence-electron chi connectivity index (χ1n) is 4.63. The quantitative estimate of drug-likeness (QED) is 0.362. The summed E-state index contributed by atoms with van der Waals surface area (Å²) in [6.07, 6.45) is 0. The number of aliphatic hydroxyl groups excluding tert-OH is 1. The number of carbonyl (C=O) groups excluding carboxylic acids is 3. The Morgan fingerprint density at radius 3 is 2.31 bits per heavy atom. The van der Waals surface area contributed by atoms with Gasteiger partial charge < -0.3 is 31.4 Å². The van der Waals surface area contributed by atoms with E-state index in [0.29, 0.717) is 0 Å². The van der Waals surface area contributed by atoms with Crippen LogP contribution in [0.3, 0.4) is 0 Å². The first kappa shape index (κ1) is 14.3. The highest BCUT2D eigenvalue weighted by Crippen LogP contribution is 1.86. The van der Waals surface area contributed by atoms with Gasteiger partial charge in [0.2, 0.25) is 5.91 Å². The molecule has 0 aliphatic heterocycles. The maximum absolute atomic E-state index is 11.3. The maximum atomic E-state index is 11.3. The topological polar surface area (TPSA) is 146 Å². The molecular weight excluding hydrogens is 218 g/mol. The molecule has 0 unspecified atom stereocenters. The number of hydrogen-bond acceptors (Lipinski definition) is 5. The summed E-state index contributed by atoms with van der Waals surface area (Å²) in [5.74, 6) is -2.76. The number of quaternary nitrogens is 1. The second-order valence-electron chi connectivity index (χ2n) is 3.10. The first-order chi connectivity index (χ1) is 7.42. The summed E-state index contributed by atoms with van der Waals surface area (Å²) in [5, 5.41) is 23.4. The van der Waals surface area contributed by atoms with Crippen molar-refractivity contribution in [3.8, 4) is 0 Å². The van der Waals surface area contributed by atoms with Gasteiger partial charge in [-0.3, -0.25) is 9.59 Å². The van der Waals surface area contributed by atoms with E-state index < -0.39 is 36.5 Å². The van der Waals surface area contributed by atoms with Gasteiger partial charge in [-0.15, -0.1) is 0 Å². The Balaban J connectivity index is 4.31. The van der Waals surface area contributed by atoms with Crippen molar-refractivity contribution in [3.63, 3.8) is 0 Å². The van der Waals surface area contributed by atoms with E-state index in [1.807, 2.05) is 0 Å². The number of aliphatic carboxylic acids is 1. The van der Waals surface area contributed by atoms with Gasteiger partial charge in [0.15, 0.2) is 6.54 Å². The molecule has 0 aromatic carbocycles. The van der Waals surface area contributed by atoms with Crippen molar-refractivity contribution < 1.29 is 30.3 Å². The molecule has 0 saturated carbocycles. The van der Waals surface area contributed by atoms with Crippen LogP contribution in [0.5, 0.6) is 0 Å². The van der Waals surface area contributed by atoms with Crippen molar-refractivity contribution in [2.45, 2.75) is 19.0 Å². The molecule has 0 rings (SSSR count). The van der Waals surface area contributed by atoms with E-state index in [1.54, 1.807) is 0 Å². The summed E-state index contributed by atoms with van der Waals surface area (Å²) in [5.41, 5.74) is 3.29. The maximum Gasteiger partial charge on any atom is 0.275 e. The molecular formula is C8H15N3O5. The van der Waals surface area contributed by atoms with E-state index in [4.69, 9.17) is 5.11 Å². The van der Waals surface area contributed by atoms with Crippen LogP contribution in [0.2, 0.25) is 0 Å². The fraction of sp³-hybridized carbons (Fsp3) is 0.625. The summed E-state index contributed by atoms with van der Waals surface area (Å²) in [4.78, 5) is 32.6. The molecule has 0 fully saturated rings. The second kappa shape index (κ2) is 6.75. The number of carboxylic acids is 1. The molecule has 92 valence electrons. The van der Waals surface area contributed by atoms with Gasteiger partial charge in [0, 0.05) is 0 Å². The lowest BCUT2D eigenvalue weighted by Gasteiger charge is -2.19. The zero-order valence-electron chi connectivity index (χ0n) is 8.86. The number of hydrogen-bond donors (Lipinski definition) is 4. The van der Waals surface area contributed by atoms with Crippen molar-refractivity contribution >= 4 is 17.8 Å². The molecule has 16 heavy (non-hydrogen) atoms. The van der Waals surface area contributed by atoms with Crippen LogP contribution in [0.1, 0.15) is 6.92 Å². The Bertz CT molecular complexity index is 281. The molecule has 2 amide bonds. The van der Waals surface area contributed by atoms with Crippen LogP contribution in [0.4, 0.5) is 0 Å². The van der Waals surface area contributed by atoms with Crippen molar-refractivity contribution in [3.05, 3.63) is 0 Å². The molecule has 0 heterocycles. The summed E-state index contributed by atoms with van der Waals surface area (Å²) < 4.78 is 0. The highest BCUT2D eigenvalue weighted by atomic mass is 16.4. The van der Waals surface area contributed by atoms with Crippen LogP contribution in [0.25, 0.3) is 0 Å². The van der Waals surface area contributed by atoms with Gasteiger partial charge in [-0.05, 0) is 6.92 Å². The molecule has 0 aromatic rings. The van der Waals surface area contributed by atoms with Crippen molar-refractivity contribution in [2.24, 2.45) is 0 Å². The highest BCUT2D eigenvalue weighted by molar-refractivity contribution is 5.90. The smallest absolute Gasteiger partial charge is 0.275 e. The minimum Gasteiger partial charge on any atom is -0.548 e. The van der Waals surface area contributed by atoms with Crippen LogP contribution in [-0.2, 0) is 14.4 Å². The van der Waals surface area contributed by atoms with E-state index in [0.717, 1.165) is 0 Å². The number of carbonyl (C=O) groups is 3. The van der Waals surface area contributed by atoms with Crippen molar-refractivity contribution in [2.75, 3.05) is 13.2 Å². The highest BCUT2D eigenvalue weighted by Gasteiger charge is 2.21. The zero-order valence-corrected chi connectivity index (χ0v) is 8.86. The standard InChI is InChI=1S/C8H15N3O5/c1-4(8(15)16)10-7(14)5(3-12)11-6(13)2-9/h4-5,12H,2-3,9H2,1H3,(H,10,14)(H,11,13)(H,15,16)/t4-,5-/m0/s1. The van der Waals surface area contributed by atoms with E-state index in [2.05, 4.69) is 16.4 Å². The van der Waals surface area contributed by atoms with E-state index in [1.165, 1.54) is 6.92 Å². The number of aliphatic hydroxyl groups is 1. The lowest BCUT2D eigenvalue weighted by Crippen LogP contribution is -2.61.